The molecule has 1 amide bonds. The standard InChI is InChI=1S/C14H18N4O3/c19-13(15-4-1-6-18-7-5-16-17-18)11-9-2-3-10(8-9)12(11)14(20)21/h2-3,5,7,9-12H,1,4,6,8H2,(H,15,19)(H,20,21). The zero-order valence-electron chi connectivity index (χ0n) is 11.6. The summed E-state index contributed by atoms with van der Waals surface area (Å²) in [6.07, 6.45) is 8.83. The zero-order chi connectivity index (χ0) is 14.8. The van der Waals surface area contributed by atoms with E-state index >= 15 is 0 Å². The highest BCUT2D eigenvalue weighted by Crippen LogP contribution is 2.48. The summed E-state index contributed by atoms with van der Waals surface area (Å²) < 4.78 is 1.70. The van der Waals surface area contributed by atoms with Crippen molar-refractivity contribution in [2.24, 2.45) is 23.7 Å². The highest BCUT2D eigenvalue weighted by Gasteiger charge is 2.51. The van der Waals surface area contributed by atoms with Gasteiger partial charge >= 0.3 is 5.97 Å². The van der Waals surface area contributed by atoms with E-state index in [2.05, 4.69) is 15.6 Å². The van der Waals surface area contributed by atoms with E-state index in [9.17, 15) is 14.7 Å². The maximum absolute atomic E-state index is 12.3. The zero-order valence-corrected chi connectivity index (χ0v) is 11.6. The fourth-order valence-electron chi connectivity index (χ4n) is 3.44. The smallest absolute Gasteiger partial charge is 0.307 e. The van der Waals surface area contributed by atoms with E-state index in [-0.39, 0.29) is 17.7 Å². The van der Waals surface area contributed by atoms with Crippen molar-refractivity contribution in [2.45, 2.75) is 19.4 Å². The number of amides is 1. The molecule has 2 bridgehead atoms. The van der Waals surface area contributed by atoms with Crippen molar-refractivity contribution in [3.8, 4) is 0 Å². The Morgan fingerprint density at radius 1 is 1.29 bits per heavy atom. The molecular formula is C14H18N4O3. The molecule has 7 nitrogen and oxygen atoms in total. The molecule has 7 heteroatoms. The van der Waals surface area contributed by atoms with Crippen molar-refractivity contribution in [3.63, 3.8) is 0 Å². The largest absolute Gasteiger partial charge is 0.481 e. The normalized spacial score (nSPS) is 29.7. The predicted octanol–water partition coefficient (Wildman–Crippen LogP) is 0.307. The molecule has 4 unspecified atom stereocenters. The molecule has 21 heavy (non-hydrogen) atoms. The van der Waals surface area contributed by atoms with Gasteiger partial charge in [-0.1, -0.05) is 17.4 Å². The van der Waals surface area contributed by atoms with Crippen molar-refractivity contribution in [1.29, 1.82) is 0 Å². The Labute approximate surface area is 122 Å². The first-order valence-corrected chi connectivity index (χ1v) is 7.20. The molecule has 0 spiro atoms. The van der Waals surface area contributed by atoms with Gasteiger partial charge in [-0.3, -0.25) is 14.3 Å². The van der Waals surface area contributed by atoms with E-state index in [1.54, 1.807) is 17.1 Å². The minimum atomic E-state index is -0.866. The first kappa shape index (κ1) is 13.8. The van der Waals surface area contributed by atoms with Crippen LogP contribution in [-0.4, -0.2) is 38.5 Å². The number of hydrogen-bond donors (Lipinski definition) is 2. The number of carbonyl (C=O) groups is 2. The molecule has 0 aliphatic heterocycles. The van der Waals surface area contributed by atoms with Crippen LogP contribution in [0.25, 0.3) is 0 Å². The van der Waals surface area contributed by atoms with Crippen LogP contribution in [0.1, 0.15) is 12.8 Å². The van der Waals surface area contributed by atoms with Crippen molar-refractivity contribution in [2.75, 3.05) is 6.54 Å². The molecule has 2 aliphatic carbocycles. The molecule has 4 atom stereocenters. The molecule has 0 saturated heterocycles. The van der Waals surface area contributed by atoms with Crippen LogP contribution in [0.3, 0.4) is 0 Å². The highest BCUT2D eigenvalue weighted by molar-refractivity contribution is 5.86. The predicted molar refractivity (Wildman–Crippen MR) is 73.0 cm³/mol. The quantitative estimate of drug-likeness (QED) is 0.580. The highest BCUT2D eigenvalue weighted by atomic mass is 16.4. The fourth-order valence-corrected chi connectivity index (χ4v) is 3.44. The number of hydrogen-bond acceptors (Lipinski definition) is 4. The molecule has 1 saturated carbocycles. The van der Waals surface area contributed by atoms with Crippen LogP contribution < -0.4 is 5.32 Å². The van der Waals surface area contributed by atoms with Crippen LogP contribution in [0.4, 0.5) is 0 Å². The number of nitrogens with one attached hydrogen (secondary N) is 1. The van der Waals surface area contributed by atoms with E-state index in [0.717, 1.165) is 12.8 Å². The molecule has 1 aromatic rings. The average Bonchev–Trinajstić information content (AvgIpc) is 3.18. The summed E-state index contributed by atoms with van der Waals surface area (Å²) in [6, 6.07) is 0. The number of fused-ring (bicyclic) bond motifs is 2. The molecule has 1 aromatic heterocycles. The number of carboxylic acid groups (broad SMARTS) is 1. The molecule has 0 radical (unpaired) electrons. The first-order chi connectivity index (χ1) is 10.2. The SMILES string of the molecule is O=C(O)C1C2C=CC(C2)C1C(=O)NCCCn1ccnn1. The molecule has 2 N–H and O–H groups in total. The molecule has 2 aliphatic rings. The molecule has 112 valence electrons. The Morgan fingerprint density at radius 2 is 2.05 bits per heavy atom. The van der Waals surface area contributed by atoms with Crippen molar-refractivity contribution in [1.82, 2.24) is 20.3 Å². The minimum Gasteiger partial charge on any atom is -0.481 e. The second-order valence-corrected chi connectivity index (χ2v) is 5.65. The van der Waals surface area contributed by atoms with E-state index in [1.165, 1.54) is 0 Å². The monoisotopic (exact) mass is 290 g/mol. The lowest BCUT2D eigenvalue weighted by molar-refractivity contribution is -0.147. The Balaban J connectivity index is 1.51. The lowest BCUT2D eigenvalue weighted by Crippen LogP contribution is -2.40. The van der Waals surface area contributed by atoms with Crippen molar-refractivity contribution in [3.05, 3.63) is 24.5 Å². The third kappa shape index (κ3) is 2.68. The molecule has 1 fully saturated rings. The maximum atomic E-state index is 12.3. The van der Waals surface area contributed by atoms with Gasteiger partial charge in [0.25, 0.3) is 0 Å². The number of carbonyl (C=O) groups excluding carboxylic acids is 1. The fraction of sp³-hybridized carbons (Fsp3) is 0.571. The number of nitrogens with zero attached hydrogens (tertiary/aromatic N) is 3. The van der Waals surface area contributed by atoms with Gasteiger partial charge in [-0.05, 0) is 24.7 Å². The molecule has 1 heterocycles. The number of aromatic nitrogens is 3. The molecule has 0 aromatic carbocycles. The van der Waals surface area contributed by atoms with Crippen LogP contribution >= 0.6 is 0 Å². The summed E-state index contributed by atoms with van der Waals surface area (Å²) in [4.78, 5) is 23.6. The van der Waals surface area contributed by atoms with Gasteiger partial charge in [0.05, 0.1) is 18.0 Å². The first-order valence-electron chi connectivity index (χ1n) is 7.20. The maximum Gasteiger partial charge on any atom is 0.307 e. The third-order valence-electron chi connectivity index (χ3n) is 4.38. The summed E-state index contributed by atoms with van der Waals surface area (Å²) in [5.41, 5.74) is 0. The van der Waals surface area contributed by atoms with E-state index in [1.807, 2.05) is 12.2 Å². The topological polar surface area (TPSA) is 97.1 Å². The summed E-state index contributed by atoms with van der Waals surface area (Å²) in [5, 5.41) is 19.7. The van der Waals surface area contributed by atoms with Crippen LogP contribution in [0.2, 0.25) is 0 Å². The lowest BCUT2D eigenvalue weighted by Gasteiger charge is -2.23. The number of aryl methyl sites for hydroxylation is 1. The van der Waals surface area contributed by atoms with E-state index in [4.69, 9.17) is 0 Å². The number of carboxylic acids is 1. The van der Waals surface area contributed by atoms with Crippen LogP contribution in [0.5, 0.6) is 0 Å². The van der Waals surface area contributed by atoms with Crippen LogP contribution in [0.15, 0.2) is 24.5 Å². The summed E-state index contributed by atoms with van der Waals surface area (Å²) in [7, 11) is 0. The Hall–Kier alpha value is -2.18. The van der Waals surface area contributed by atoms with Gasteiger partial charge in [0.15, 0.2) is 0 Å². The van der Waals surface area contributed by atoms with Crippen LogP contribution in [-0.2, 0) is 16.1 Å². The Bertz CT molecular complexity index is 555. The minimum absolute atomic E-state index is 0.0124. The van der Waals surface area contributed by atoms with Gasteiger partial charge in [-0.25, -0.2) is 0 Å². The van der Waals surface area contributed by atoms with E-state index < -0.39 is 17.8 Å². The van der Waals surface area contributed by atoms with Crippen molar-refractivity contribution >= 4 is 11.9 Å². The summed E-state index contributed by atoms with van der Waals surface area (Å²) in [5.74, 6) is -1.92. The van der Waals surface area contributed by atoms with E-state index in [0.29, 0.717) is 13.1 Å². The Morgan fingerprint density at radius 3 is 2.71 bits per heavy atom. The van der Waals surface area contributed by atoms with Gasteiger partial charge in [0.2, 0.25) is 5.91 Å². The molecule has 3 rings (SSSR count). The van der Waals surface area contributed by atoms with Gasteiger partial charge in [0, 0.05) is 19.3 Å². The third-order valence-corrected chi connectivity index (χ3v) is 4.38. The number of rotatable bonds is 6. The van der Waals surface area contributed by atoms with Gasteiger partial charge in [0.1, 0.15) is 0 Å². The Kier molecular flexibility index (Phi) is 3.72. The summed E-state index contributed by atoms with van der Waals surface area (Å²) >= 11 is 0. The number of aliphatic carboxylic acids is 1. The second kappa shape index (κ2) is 5.67. The van der Waals surface area contributed by atoms with Gasteiger partial charge in [-0.2, -0.15) is 0 Å². The van der Waals surface area contributed by atoms with Crippen molar-refractivity contribution < 1.29 is 14.7 Å². The lowest BCUT2D eigenvalue weighted by atomic mass is 9.82. The van der Waals surface area contributed by atoms with Gasteiger partial charge < -0.3 is 10.4 Å². The molecular weight excluding hydrogens is 272 g/mol. The second-order valence-electron chi connectivity index (χ2n) is 5.65. The van der Waals surface area contributed by atoms with Gasteiger partial charge in [-0.15, -0.1) is 5.10 Å². The van der Waals surface area contributed by atoms with Crippen LogP contribution in [0, 0.1) is 23.7 Å². The average molecular weight is 290 g/mol. The number of allylic oxidation sites excluding steroid dienone is 2. The summed E-state index contributed by atoms with van der Waals surface area (Å²) in [6.45, 7) is 1.20.